The van der Waals surface area contributed by atoms with Crippen molar-refractivity contribution < 1.29 is 14.3 Å². The second-order valence-electron chi connectivity index (χ2n) is 8.47. The van der Waals surface area contributed by atoms with E-state index in [0.717, 1.165) is 35.2 Å². The number of nitrogens with zero attached hydrogens (tertiary/aromatic N) is 3. The minimum absolute atomic E-state index is 0.170. The van der Waals surface area contributed by atoms with Gasteiger partial charge < -0.3 is 9.47 Å². The standard InChI is InChI=1S/C25H30N4O4S/c1-5-32-19-10-8-17(12-20(19)33-6-2)13-27-28-23(30)16(4)29-14-26-24-22(25(29)31)18-9-7-15(3)11-21(18)34-24/h8,10,12-16H,5-7,9,11H2,1-4H3,(H,28,30)/b27-13-/t15-,16-/m0/s1. The van der Waals surface area contributed by atoms with Gasteiger partial charge in [0.05, 0.1) is 31.1 Å². The highest BCUT2D eigenvalue weighted by Crippen LogP contribution is 2.35. The van der Waals surface area contributed by atoms with Crippen LogP contribution in [0.15, 0.2) is 34.4 Å². The summed E-state index contributed by atoms with van der Waals surface area (Å²) >= 11 is 1.60. The number of hydrogen-bond acceptors (Lipinski definition) is 7. The number of ether oxygens (including phenoxy) is 2. The Morgan fingerprint density at radius 3 is 2.85 bits per heavy atom. The summed E-state index contributed by atoms with van der Waals surface area (Å²) in [6, 6.07) is 4.69. The molecule has 8 nitrogen and oxygen atoms in total. The molecule has 3 aromatic rings. The largest absolute Gasteiger partial charge is 0.490 e. The number of fused-ring (bicyclic) bond motifs is 3. The fraction of sp³-hybridized carbons (Fsp3) is 0.440. The Kier molecular flexibility index (Phi) is 7.31. The van der Waals surface area contributed by atoms with E-state index >= 15 is 0 Å². The van der Waals surface area contributed by atoms with E-state index < -0.39 is 11.9 Å². The number of hydrogen-bond donors (Lipinski definition) is 1. The van der Waals surface area contributed by atoms with Gasteiger partial charge in [0.15, 0.2) is 11.5 Å². The molecule has 0 radical (unpaired) electrons. The molecule has 0 saturated carbocycles. The zero-order chi connectivity index (χ0) is 24.2. The first kappa shape index (κ1) is 23.9. The molecule has 1 aliphatic carbocycles. The number of carbonyl (C=O) groups excluding carboxylic acids is 1. The molecule has 2 atom stereocenters. The molecule has 0 spiro atoms. The lowest BCUT2D eigenvalue weighted by atomic mass is 9.89. The third-order valence-electron chi connectivity index (χ3n) is 5.99. The van der Waals surface area contributed by atoms with Crippen LogP contribution in [0.5, 0.6) is 11.5 Å². The summed E-state index contributed by atoms with van der Waals surface area (Å²) in [6.07, 6.45) is 5.92. The molecule has 1 amide bonds. The maximum Gasteiger partial charge on any atom is 0.263 e. The molecule has 1 N–H and O–H groups in total. The number of rotatable bonds is 8. The quantitative estimate of drug-likeness (QED) is 0.385. The minimum Gasteiger partial charge on any atom is -0.490 e. The molecule has 0 unspecified atom stereocenters. The Balaban J connectivity index is 1.50. The van der Waals surface area contributed by atoms with Crippen LogP contribution in [0, 0.1) is 5.92 Å². The van der Waals surface area contributed by atoms with Crippen LogP contribution in [0.1, 0.15) is 56.2 Å². The van der Waals surface area contributed by atoms with Crippen LogP contribution in [0.3, 0.4) is 0 Å². The van der Waals surface area contributed by atoms with Crippen molar-refractivity contribution in [3.05, 3.63) is 50.9 Å². The molecule has 4 rings (SSSR count). The second-order valence-corrected chi connectivity index (χ2v) is 9.55. The number of amides is 1. The van der Waals surface area contributed by atoms with E-state index in [4.69, 9.17) is 9.47 Å². The number of hydrazone groups is 1. The van der Waals surface area contributed by atoms with E-state index in [9.17, 15) is 9.59 Å². The van der Waals surface area contributed by atoms with Gasteiger partial charge in [0.25, 0.3) is 11.5 Å². The lowest BCUT2D eigenvalue weighted by molar-refractivity contribution is -0.123. The van der Waals surface area contributed by atoms with Crippen molar-refractivity contribution in [1.82, 2.24) is 15.0 Å². The van der Waals surface area contributed by atoms with Crippen LogP contribution < -0.4 is 20.5 Å². The highest BCUT2D eigenvalue weighted by molar-refractivity contribution is 7.18. The van der Waals surface area contributed by atoms with E-state index in [-0.39, 0.29) is 5.56 Å². The van der Waals surface area contributed by atoms with Crippen LogP contribution >= 0.6 is 11.3 Å². The van der Waals surface area contributed by atoms with Crippen molar-refractivity contribution in [2.75, 3.05) is 13.2 Å². The van der Waals surface area contributed by atoms with Crippen molar-refractivity contribution in [3.8, 4) is 11.5 Å². The maximum atomic E-state index is 13.3. The number of benzene rings is 1. The van der Waals surface area contributed by atoms with Crippen LogP contribution in [-0.4, -0.2) is 34.9 Å². The van der Waals surface area contributed by atoms with Crippen molar-refractivity contribution in [3.63, 3.8) is 0 Å². The van der Waals surface area contributed by atoms with Gasteiger partial charge in [-0.2, -0.15) is 5.10 Å². The third-order valence-corrected chi connectivity index (χ3v) is 7.16. The molecule has 2 heterocycles. The Hall–Kier alpha value is -3.20. The van der Waals surface area contributed by atoms with Gasteiger partial charge in [-0.25, -0.2) is 10.4 Å². The van der Waals surface area contributed by atoms with Crippen molar-refractivity contribution in [1.29, 1.82) is 0 Å². The zero-order valence-corrected chi connectivity index (χ0v) is 20.8. The Bertz CT molecular complexity index is 1280. The number of aromatic nitrogens is 2. The lowest BCUT2D eigenvalue weighted by Crippen LogP contribution is -2.34. The highest BCUT2D eigenvalue weighted by Gasteiger charge is 2.25. The van der Waals surface area contributed by atoms with Gasteiger partial charge in [-0.05, 0) is 75.3 Å². The van der Waals surface area contributed by atoms with Crippen LogP contribution in [0.25, 0.3) is 10.2 Å². The van der Waals surface area contributed by atoms with Gasteiger partial charge in [-0.1, -0.05) is 6.92 Å². The molecule has 0 aliphatic heterocycles. The van der Waals surface area contributed by atoms with Crippen molar-refractivity contribution in [2.24, 2.45) is 11.0 Å². The zero-order valence-electron chi connectivity index (χ0n) is 20.0. The van der Waals surface area contributed by atoms with Crippen LogP contribution in [0.2, 0.25) is 0 Å². The predicted octanol–water partition coefficient (Wildman–Crippen LogP) is 4.09. The summed E-state index contributed by atoms with van der Waals surface area (Å²) in [5.74, 6) is 1.50. The van der Waals surface area contributed by atoms with E-state index in [1.807, 2.05) is 26.0 Å². The van der Waals surface area contributed by atoms with Gasteiger partial charge in [0, 0.05) is 4.88 Å². The molecule has 180 valence electrons. The average molecular weight is 483 g/mol. The Morgan fingerprint density at radius 1 is 1.32 bits per heavy atom. The van der Waals surface area contributed by atoms with E-state index in [1.165, 1.54) is 22.0 Å². The van der Waals surface area contributed by atoms with Gasteiger partial charge in [0.1, 0.15) is 10.9 Å². The molecule has 9 heteroatoms. The molecule has 0 bridgehead atoms. The minimum atomic E-state index is -0.751. The number of aryl methyl sites for hydroxylation is 1. The smallest absolute Gasteiger partial charge is 0.263 e. The van der Waals surface area contributed by atoms with E-state index in [2.05, 4.69) is 22.4 Å². The topological polar surface area (TPSA) is 94.8 Å². The molecule has 0 saturated heterocycles. The fourth-order valence-electron chi connectivity index (χ4n) is 4.16. The molecule has 1 aromatic carbocycles. The monoisotopic (exact) mass is 482 g/mol. The molecule has 1 aliphatic rings. The second kappa shape index (κ2) is 10.4. The average Bonchev–Trinajstić information content (AvgIpc) is 3.19. The summed E-state index contributed by atoms with van der Waals surface area (Å²) < 4.78 is 12.6. The van der Waals surface area contributed by atoms with Gasteiger partial charge in [0.2, 0.25) is 0 Å². The first-order chi connectivity index (χ1) is 16.4. The fourth-order valence-corrected chi connectivity index (χ4v) is 5.50. The maximum absolute atomic E-state index is 13.3. The number of carbonyl (C=O) groups is 1. The highest BCUT2D eigenvalue weighted by atomic mass is 32.1. The summed E-state index contributed by atoms with van der Waals surface area (Å²) in [6.45, 7) is 8.76. The summed E-state index contributed by atoms with van der Waals surface area (Å²) in [5, 5.41) is 4.73. The Labute approximate surface area is 202 Å². The lowest BCUT2D eigenvalue weighted by Gasteiger charge is -2.18. The van der Waals surface area contributed by atoms with Gasteiger partial charge >= 0.3 is 0 Å². The van der Waals surface area contributed by atoms with Gasteiger partial charge in [-0.15, -0.1) is 11.3 Å². The third kappa shape index (κ3) is 4.84. The molecule has 2 aromatic heterocycles. The number of thiophene rings is 1. The van der Waals surface area contributed by atoms with Gasteiger partial charge in [-0.3, -0.25) is 14.2 Å². The Morgan fingerprint density at radius 2 is 2.09 bits per heavy atom. The normalized spacial score (nSPS) is 16.4. The first-order valence-electron chi connectivity index (χ1n) is 11.7. The summed E-state index contributed by atoms with van der Waals surface area (Å²) in [5.41, 5.74) is 4.22. The first-order valence-corrected chi connectivity index (χ1v) is 12.5. The number of nitrogens with one attached hydrogen (secondary N) is 1. The molecule has 34 heavy (non-hydrogen) atoms. The predicted molar refractivity (Wildman–Crippen MR) is 134 cm³/mol. The SMILES string of the molecule is CCOc1ccc(/C=N\NC(=O)[C@H](C)n2cnc3sc4c(c3c2=O)CC[C@H](C)C4)cc1OCC. The summed E-state index contributed by atoms with van der Waals surface area (Å²) in [7, 11) is 0. The molecule has 0 fully saturated rings. The van der Waals surface area contributed by atoms with Crippen molar-refractivity contribution >= 4 is 33.7 Å². The van der Waals surface area contributed by atoms with E-state index in [1.54, 1.807) is 24.3 Å². The van der Waals surface area contributed by atoms with Crippen LogP contribution in [-0.2, 0) is 17.6 Å². The molecular formula is C25H30N4O4S. The van der Waals surface area contributed by atoms with Crippen molar-refractivity contribution in [2.45, 2.75) is 53.0 Å². The van der Waals surface area contributed by atoms with E-state index in [0.29, 0.717) is 36.0 Å². The molecular weight excluding hydrogens is 452 g/mol. The van der Waals surface area contributed by atoms with Crippen LogP contribution in [0.4, 0.5) is 0 Å². The summed E-state index contributed by atoms with van der Waals surface area (Å²) in [4.78, 5) is 32.5.